The van der Waals surface area contributed by atoms with E-state index >= 15 is 0 Å². The van der Waals surface area contributed by atoms with Crippen molar-refractivity contribution in [2.24, 2.45) is 5.92 Å². The molecule has 0 saturated carbocycles. The Hall–Kier alpha value is -1.75. The first-order chi connectivity index (χ1) is 10.8. The number of piperidine rings is 1. The van der Waals surface area contributed by atoms with Crippen molar-refractivity contribution in [1.82, 2.24) is 10.2 Å². The Balaban J connectivity index is 1.75. The zero-order valence-corrected chi connectivity index (χ0v) is 14.5. The summed E-state index contributed by atoms with van der Waals surface area (Å²) in [4.78, 5) is 14.0. The third kappa shape index (κ3) is 6.10. The molecule has 1 aliphatic heterocycles. The summed E-state index contributed by atoms with van der Waals surface area (Å²) in [7, 11) is 0. The minimum atomic E-state index is -0.433. The van der Waals surface area contributed by atoms with Crippen molar-refractivity contribution in [3.05, 3.63) is 29.8 Å². The minimum absolute atomic E-state index is 0.194. The fraction of sp³-hybridized carbons (Fsp3) is 0.611. The Morgan fingerprint density at radius 3 is 2.70 bits per heavy atom. The number of rotatable bonds is 4. The van der Waals surface area contributed by atoms with Crippen LogP contribution < -0.4 is 11.1 Å². The molecule has 23 heavy (non-hydrogen) atoms. The third-order valence-electron chi connectivity index (χ3n) is 3.91. The molecular formula is C18H29N3O2. The molecule has 0 aromatic heterocycles. The summed E-state index contributed by atoms with van der Waals surface area (Å²) in [5.41, 5.74) is 7.26. The van der Waals surface area contributed by atoms with E-state index in [9.17, 15) is 4.79 Å². The maximum atomic E-state index is 12.2. The molecule has 1 saturated heterocycles. The lowest BCUT2D eigenvalue weighted by molar-refractivity contribution is 0.0166. The van der Waals surface area contributed by atoms with Gasteiger partial charge in [-0.3, -0.25) is 0 Å². The van der Waals surface area contributed by atoms with Crippen molar-refractivity contribution >= 4 is 11.8 Å². The number of ether oxygens (including phenoxy) is 1. The molecule has 1 aliphatic rings. The van der Waals surface area contributed by atoms with Gasteiger partial charge in [0.05, 0.1) is 0 Å². The van der Waals surface area contributed by atoms with Crippen LogP contribution in [-0.2, 0) is 11.3 Å². The maximum absolute atomic E-state index is 12.2. The van der Waals surface area contributed by atoms with Crippen molar-refractivity contribution in [3.8, 4) is 0 Å². The number of nitrogens with zero attached hydrogens (tertiary/aromatic N) is 1. The summed E-state index contributed by atoms with van der Waals surface area (Å²) < 4.78 is 5.47. The van der Waals surface area contributed by atoms with Crippen molar-refractivity contribution < 1.29 is 9.53 Å². The number of likely N-dealkylation sites (tertiary alicyclic amines) is 1. The minimum Gasteiger partial charge on any atom is -0.444 e. The van der Waals surface area contributed by atoms with E-state index in [1.165, 1.54) is 5.56 Å². The van der Waals surface area contributed by atoms with Crippen LogP contribution in [0.25, 0.3) is 0 Å². The molecule has 5 heteroatoms. The highest BCUT2D eigenvalue weighted by Gasteiger charge is 2.27. The van der Waals surface area contributed by atoms with Crippen LogP contribution in [0.2, 0.25) is 0 Å². The summed E-state index contributed by atoms with van der Waals surface area (Å²) in [6.07, 6.45) is 1.99. The van der Waals surface area contributed by atoms with E-state index in [4.69, 9.17) is 10.5 Å². The predicted octanol–water partition coefficient (Wildman–Crippen LogP) is 3.01. The Bertz CT molecular complexity index is 508. The van der Waals surface area contributed by atoms with E-state index in [2.05, 4.69) is 5.32 Å². The van der Waals surface area contributed by atoms with Crippen LogP contribution in [0.4, 0.5) is 10.5 Å². The quantitative estimate of drug-likeness (QED) is 0.837. The van der Waals surface area contributed by atoms with Crippen molar-refractivity contribution in [2.75, 3.05) is 25.4 Å². The molecule has 0 bridgehead atoms. The molecule has 128 valence electrons. The van der Waals surface area contributed by atoms with Gasteiger partial charge in [-0.15, -0.1) is 0 Å². The van der Waals surface area contributed by atoms with E-state index in [0.29, 0.717) is 5.92 Å². The van der Waals surface area contributed by atoms with E-state index in [1.54, 1.807) is 0 Å². The number of nitrogens with one attached hydrogen (secondary N) is 1. The van der Waals surface area contributed by atoms with Gasteiger partial charge in [0.2, 0.25) is 0 Å². The van der Waals surface area contributed by atoms with Gasteiger partial charge in [-0.25, -0.2) is 4.79 Å². The summed E-state index contributed by atoms with van der Waals surface area (Å²) in [5, 5.41) is 3.48. The molecule has 3 N–H and O–H groups in total. The first-order valence-corrected chi connectivity index (χ1v) is 8.36. The van der Waals surface area contributed by atoms with Crippen LogP contribution in [0.3, 0.4) is 0 Å². The van der Waals surface area contributed by atoms with Gasteiger partial charge >= 0.3 is 6.09 Å². The first-order valence-electron chi connectivity index (χ1n) is 8.36. The Morgan fingerprint density at radius 2 is 2.04 bits per heavy atom. The molecule has 1 amide bonds. The van der Waals surface area contributed by atoms with E-state index in [-0.39, 0.29) is 6.09 Å². The van der Waals surface area contributed by atoms with E-state index in [0.717, 1.165) is 44.7 Å². The smallest absolute Gasteiger partial charge is 0.410 e. The lowest BCUT2D eigenvalue weighted by atomic mass is 9.98. The lowest BCUT2D eigenvalue weighted by Crippen LogP contribution is -2.44. The third-order valence-corrected chi connectivity index (χ3v) is 3.91. The Morgan fingerprint density at radius 1 is 1.35 bits per heavy atom. The second-order valence-electron chi connectivity index (χ2n) is 7.31. The number of hydrogen-bond acceptors (Lipinski definition) is 4. The average Bonchev–Trinajstić information content (AvgIpc) is 2.48. The van der Waals surface area contributed by atoms with Crippen LogP contribution in [0.1, 0.15) is 39.2 Å². The molecule has 1 aromatic rings. The summed E-state index contributed by atoms with van der Waals surface area (Å²) >= 11 is 0. The molecule has 1 heterocycles. The summed E-state index contributed by atoms with van der Waals surface area (Å²) in [5.74, 6) is 0.477. The van der Waals surface area contributed by atoms with Crippen LogP contribution in [0.5, 0.6) is 0 Å². The van der Waals surface area contributed by atoms with Gasteiger partial charge in [0.25, 0.3) is 0 Å². The van der Waals surface area contributed by atoms with Crippen LogP contribution in [0.15, 0.2) is 24.3 Å². The highest BCUT2D eigenvalue weighted by molar-refractivity contribution is 5.68. The molecule has 1 atom stereocenters. The SMILES string of the molecule is CC(C)(C)OC(=O)N1CCC[C@@H](CNCc2ccc(N)cc2)C1. The van der Waals surface area contributed by atoms with E-state index in [1.807, 2.05) is 49.9 Å². The van der Waals surface area contributed by atoms with Crippen molar-refractivity contribution in [1.29, 1.82) is 0 Å². The molecule has 1 fully saturated rings. The number of carbonyl (C=O) groups is 1. The Labute approximate surface area is 139 Å². The second-order valence-corrected chi connectivity index (χ2v) is 7.31. The maximum Gasteiger partial charge on any atom is 0.410 e. The number of benzene rings is 1. The monoisotopic (exact) mass is 319 g/mol. The molecule has 0 spiro atoms. The van der Waals surface area contributed by atoms with Crippen LogP contribution in [0, 0.1) is 5.92 Å². The molecular weight excluding hydrogens is 290 g/mol. The summed E-state index contributed by atoms with van der Waals surface area (Å²) in [6, 6.07) is 7.91. The standard InChI is InChI=1S/C18H29N3O2/c1-18(2,3)23-17(22)21-10-4-5-15(13-21)12-20-11-14-6-8-16(19)9-7-14/h6-9,15,20H,4-5,10-13,19H2,1-3H3/t15-/m0/s1. The number of nitrogen functional groups attached to an aromatic ring is 1. The molecule has 5 nitrogen and oxygen atoms in total. The number of anilines is 1. The van der Waals surface area contributed by atoms with Gasteiger partial charge < -0.3 is 20.7 Å². The first kappa shape index (κ1) is 17.6. The topological polar surface area (TPSA) is 67.6 Å². The predicted molar refractivity (Wildman–Crippen MR) is 93.1 cm³/mol. The lowest BCUT2D eigenvalue weighted by Gasteiger charge is -2.34. The van der Waals surface area contributed by atoms with Crippen molar-refractivity contribution in [2.45, 2.75) is 45.8 Å². The van der Waals surface area contributed by atoms with E-state index < -0.39 is 5.60 Å². The van der Waals surface area contributed by atoms with Gasteiger partial charge in [0.15, 0.2) is 0 Å². The fourth-order valence-electron chi connectivity index (χ4n) is 2.78. The molecule has 0 aliphatic carbocycles. The van der Waals surface area contributed by atoms with Crippen molar-refractivity contribution in [3.63, 3.8) is 0 Å². The van der Waals surface area contributed by atoms with Gasteiger partial charge in [-0.1, -0.05) is 12.1 Å². The second kappa shape index (κ2) is 7.68. The summed E-state index contributed by atoms with van der Waals surface area (Å²) in [6.45, 7) is 9.00. The van der Waals surface area contributed by atoms with Gasteiger partial charge in [0.1, 0.15) is 5.60 Å². The van der Waals surface area contributed by atoms with Crippen LogP contribution >= 0.6 is 0 Å². The highest BCUT2D eigenvalue weighted by Crippen LogP contribution is 2.19. The van der Waals surface area contributed by atoms with Gasteiger partial charge in [-0.2, -0.15) is 0 Å². The zero-order chi connectivity index (χ0) is 16.9. The molecule has 1 aromatic carbocycles. The largest absolute Gasteiger partial charge is 0.444 e. The van der Waals surface area contributed by atoms with Gasteiger partial charge in [0, 0.05) is 25.3 Å². The van der Waals surface area contributed by atoms with Gasteiger partial charge in [-0.05, 0) is 63.8 Å². The molecule has 0 unspecified atom stereocenters. The molecule has 0 radical (unpaired) electrons. The number of carbonyl (C=O) groups excluding carboxylic acids is 1. The normalized spacial score (nSPS) is 18.7. The van der Waals surface area contributed by atoms with Crippen LogP contribution in [-0.4, -0.2) is 36.2 Å². The highest BCUT2D eigenvalue weighted by atomic mass is 16.6. The number of nitrogens with two attached hydrogens (primary N) is 1. The number of amides is 1. The Kier molecular flexibility index (Phi) is 5.88. The average molecular weight is 319 g/mol. The molecule has 2 rings (SSSR count). The fourth-order valence-corrected chi connectivity index (χ4v) is 2.78. The number of hydrogen-bond donors (Lipinski definition) is 2. The zero-order valence-electron chi connectivity index (χ0n) is 14.5.